The Balaban J connectivity index is 2.95. The summed E-state index contributed by atoms with van der Waals surface area (Å²) in [5, 5.41) is 8.26. The van der Waals surface area contributed by atoms with Crippen molar-refractivity contribution in [3.63, 3.8) is 0 Å². The topological polar surface area (TPSA) is 149 Å². The van der Waals surface area contributed by atoms with Crippen molar-refractivity contribution in [1.82, 2.24) is 16.0 Å². The third kappa shape index (κ3) is 21.3. The van der Waals surface area contributed by atoms with Gasteiger partial charge in [0.1, 0.15) is 22.8 Å². The van der Waals surface area contributed by atoms with Gasteiger partial charge in [-0.05, 0) is 68.7 Å². The van der Waals surface area contributed by atoms with Crippen LogP contribution in [0.1, 0.15) is 164 Å². The summed E-state index contributed by atoms with van der Waals surface area (Å²) in [5.74, 6) is -1.98. The molecule has 0 saturated heterocycles. The second-order valence-electron chi connectivity index (χ2n) is 17.8. The van der Waals surface area contributed by atoms with Crippen LogP contribution in [0.5, 0.6) is 0 Å². The summed E-state index contributed by atoms with van der Waals surface area (Å²) in [7, 11) is 0. The number of ether oxygens (including phenoxy) is 3. The number of esters is 3. The van der Waals surface area contributed by atoms with E-state index in [0.29, 0.717) is 24.9 Å². The zero-order chi connectivity index (χ0) is 41.9. The zero-order valence-electron chi connectivity index (χ0n) is 36.3. The number of unbranched alkanes of at least 4 members (excludes halogenated alkanes) is 4. The van der Waals surface area contributed by atoms with Gasteiger partial charge in [-0.3, -0.25) is 4.79 Å². The first-order chi connectivity index (χ1) is 25.5. The summed E-state index contributed by atoms with van der Waals surface area (Å²) in [6.07, 6.45) is 8.60. The molecule has 2 atom stereocenters. The Bertz CT molecular complexity index is 1320. The van der Waals surface area contributed by atoms with Crippen LogP contribution >= 0.6 is 0 Å². The number of carbonyl (C=O) groups is 5. The van der Waals surface area contributed by atoms with Gasteiger partial charge in [-0.2, -0.15) is 0 Å². The van der Waals surface area contributed by atoms with Crippen molar-refractivity contribution in [3.05, 3.63) is 29.8 Å². The molecule has 3 N–H and O–H groups in total. The average molecular weight is 881 g/mol. The second kappa shape index (κ2) is 24.1. The van der Waals surface area contributed by atoms with Crippen LogP contribution in [0, 0.1) is 0 Å². The summed E-state index contributed by atoms with van der Waals surface area (Å²) in [6.45, 7) is 22.8. The van der Waals surface area contributed by atoms with Gasteiger partial charge in [0.05, 0.1) is 0 Å². The third-order valence-electron chi connectivity index (χ3n) is 9.04. The molecule has 314 valence electrons. The summed E-state index contributed by atoms with van der Waals surface area (Å²) in [6, 6.07) is 5.48. The zero-order valence-corrected chi connectivity index (χ0v) is 39.2. The van der Waals surface area contributed by atoms with Crippen molar-refractivity contribution in [1.29, 1.82) is 0 Å². The monoisotopic (exact) mass is 881 g/mol. The summed E-state index contributed by atoms with van der Waals surface area (Å²) in [4.78, 5) is 65.0. The number of hydrogen-bond acceptors (Lipinski definition) is 8. The van der Waals surface area contributed by atoms with Crippen LogP contribution in [-0.2, 0) is 28.6 Å². The molecule has 0 aromatic heterocycles. The number of hydrogen-bond donors (Lipinski definition) is 3. The molecule has 0 bridgehead atoms. The van der Waals surface area contributed by atoms with E-state index in [9.17, 15) is 24.0 Å². The molecule has 12 heteroatoms. The van der Waals surface area contributed by atoms with Gasteiger partial charge in [0.15, 0.2) is 0 Å². The first kappa shape index (κ1) is 50.2. The molecular weight excluding hydrogens is 805 g/mol. The Hall–Kier alpha value is -2.83. The van der Waals surface area contributed by atoms with Gasteiger partial charge in [-0.15, -0.1) is 0 Å². The Kier molecular flexibility index (Phi) is 22.0. The van der Waals surface area contributed by atoms with Gasteiger partial charge in [0, 0.05) is 6.42 Å². The van der Waals surface area contributed by atoms with Crippen molar-refractivity contribution in [2.75, 3.05) is 6.54 Å². The predicted octanol–water partition coefficient (Wildman–Crippen LogP) is 8.48. The number of benzene rings is 1. The molecule has 1 aromatic carbocycles. The Morgan fingerprint density at radius 3 is 1.45 bits per heavy atom. The van der Waals surface area contributed by atoms with E-state index in [2.05, 4.69) is 48.9 Å². The maximum absolute atomic E-state index is 13.2. The molecule has 11 nitrogen and oxygen atoms in total. The van der Waals surface area contributed by atoms with Crippen LogP contribution in [0.3, 0.4) is 0 Å². The molecule has 0 radical (unpaired) electrons. The van der Waals surface area contributed by atoms with Crippen LogP contribution in [0.15, 0.2) is 24.3 Å². The molecule has 1 aromatic rings. The van der Waals surface area contributed by atoms with Gasteiger partial charge in [-0.1, -0.05) is 0 Å². The standard InChI is InChI=1S/C31H48N3O8.3C4H9.Sn/c1-29(2,3)40-24(35)19-18-23(27(38)42-31(7,8)9)34-28(39)33-22(26(37)41-30(4,5)6)17-13-14-20-32-25(36)21-15-11-10-12-16-21;3*1-3-4-2;/h11-12,15-16,22-23H,13-14,17-20H2,1-9H3,(H,32,36)(H2,33,34,39);3*1,3-4H2,2H3;/t22-,23-;;;;/m0..../s1. The SMILES string of the molecule is CCC[CH2][Sn]([CH2]CCC)([CH2]CCC)[c]1ccc(C(=O)NCCCC[C@H](NC(=O)N[C@@H](CCC(=O)OC(C)(C)C)C(=O)OC(C)(C)C)C(=O)OC(C)(C)C)cc1. The first-order valence-corrected chi connectivity index (χ1v) is 28.2. The average Bonchev–Trinajstić information content (AvgIpc) is 3.07. The number of nitrogens with one attached hydrogen (secondary N) is 3. The molecule has 0 spiro atoms. The molecule has 0 aliphatic heterocycles. The van der Waals surface area contributed by atoms with Crippen molar-refractivity contribution < 1.29 is 38.2 Å². The molecule has 0 fully saturated rings. The molecule has 55 heavy (non-hydrogen) atoms. The van der Waals surface area contributed by atoms with E-state index in [1.54, 1.807) is 62.3 Å². The van der Waals surface area contributed by atoms with Crippen LogP contribution in [0.2, 0.25) is 13.3 Å². The van der Waals surface area contributed by atoms with Gasteiger partial charge < -0.3 is 19.5 Å². The summed E-state index contributed by atoms with van der Waals surface area (Å²) < 4.78 is 22.1. The van der Waals surface area contributed by atoms with E-state index in [1.165, 1.54) is 55.4 Å². The Labute approximate surface area is 336 Å². The normalized spacial score (nSPS) is 13.3. The first-order valence-electron chi connectivity index (χ1n) is 20.7. The number of amides is 3. The number of carbonyl (C=O) groups excluding carboxylic acids is 5. The molecule has 0 heterocycles. The fraction of sp³-hybridized carbons (Fsp3) is 0.744. The molecule has 3 amide bonds. The van der Waals surface area contributed by atoms with Gasteiger partial charge >= 0.3 is 202 Å². The van der Waals surface area contributed by atoms with Crippen LogP contribution < -0.4 is 19.5 Å². The molecule has 0 aliphatic carbocycles. The Morgan fingerprint density at radius 1 is 0.600 bits per heavy atom. The van der Waals surface area contributed by atoms with E-state index in [-0.39, 0.29) is 25.2 Å². The molecule has 1 rings (SSSR count). The molecule has 0 aliphatic rings. The predicted molar refractivity (Wildman–Crippen MR) is 223 cm³/mol. The minimum atomic E-state index is -2.59. The van der Waals surface area contributed by atoms with Crippen molar-refractivity contribution in [2.24, 2.45) is 0 Å². The fourth-order valence-corrected chi connectivity index (χ4v) is 22.3. The van der Waals surface area contributed by atoms with Crippen LogP contribution in [0.4, 0.5) is 4.79 Å². The summed E-state index contributed by atoms with van der Waals surface area (Å²) >= 11 is -2.59. The van der Waals surface area contributed by atoms with E-state index in [1.807, 2.05) is 12.1 Å². The van der Waals surface area contributed by atoms with Crippen LogP contribution in [0.25, 0.3) is 0 Å². The van der Waals surface area contributed by atoms with Crippen LogP contribution in [-0.4, -0.2) is 83.7 Å². The van der Waals surface area contributed by atoms with E-state index in [0.717, 1.165) is 0 Å². The molecule has 0 saturated carbocycles. The fourth-order valence-electron chi connectivity index (χ4n) is 6.36. The van der Waals surface area contributed by atoms with E-state index >= 15 is 0 Å². The van der Waals surface area contributed by atoms with E-state index < -0.39 is 71.2 Å². The van der Waals surface area contributed by atoms with Crippen molar-refractivity contribution in [3.8, 4) is 0 Å². The molecule has 0 unspecified atom stereocenters. The van der Waals surface area contributed by atoms with Crippen molar-refractivity contribution >= 4 is 51.8 Å². The van der Waals surface area contributed by atoms with E-state index in [4.69, 9.17) is 14.2 Å². The second-order valence-corrected chi connectivity index (χ2v) is 31.1. The quantitative estimate of drug-likeness (QED) is 0.0429. The van der Waals surface area contributed by atoms with Gasteiger partial charge in [-0.25, -0.2) is 14.4 Å². The van der Waals surface area contributed by atoms with Crippen molar-refractivity contribution in [2.45, 2.75) is 196 Å². The Morgan fingerprint density at radius 2 is 1.04 bits per heavy atom. The summed E-state index contributed by atoms with van der Waals surface area (Å²) in [5.41, 5.74) is -1.69. The minimum absolute atomic E-state index is 0.0584. The number of rotatable bonds is 23. The van der Waals surface area contributed by atoms with Gasteiger partial charge in [0.2, 0.25) is 0 Å². The number of urea groups is 1. The maximum atomic E-state index is 13.2. The molecular formula is C43H75N3O8Sn. The van der Waals surface area contributed by atoms with Gasteiger partial charge in [0.25, 0.3) is 0 Å². The third-order valence-corrected chi connectivity index (χ3v) is 24.7.